The maximum atomic E-state index is 5.67. The van der Waals surface area contributed by atoms with Gasteiger partial charge in [-0.05, 0) is 23.4 Å². The van der Waals surface area contributed by atoms with E-state index in [1.165, 1.54) is 17.8 Å². The van der Waals surface area contributed by atoms with Gasteiger partial charge in [-0.1, -0.05) is 19.9 Å². The molecule has 0 radical (unpaired) electrons. The first kappa shape index (κ1) is 14.5. The number of pyridine rings is 1. The third-order valence-corrected chi connectivity index (χ3v) is 3.41. The van der Waals surface area contributed by atoms with E-state index >= 15 is 0 Å². The van der Waals surface area contributed by atoms with E-state index in [1.807, 2.05) is 12.1 Å². The predicted molar refractivity (Wildman–Crippen MR) is 81.2 cm³/mol. The zero-order chi connectivity index (χ0) is 14.5. The molecule has 20 heavy (non-hydrogen) atoms. The molecule has 0 fully saturated rings. The van der Waals surface area contributed by atoms with E-state index in [-0.39, 0.29) is 0 Å². The molecule has 5 N–H and O–H groups in total. The number of hydrogen-bond acceptors (Lipinski definition) is 7. The minimum atomic E-state index is 0.359. The summed E-state index contributed by atoms with van der Waals surface area (Å²) in [5.41, 5.74) is 12.4. The van der Waals surface area contributed by atoms with Crippen molar-refractivity contribution < 1.29 is 0 Å². The van der Waals surface area contributed by atoms with Gasteiger partial charge >= 0.3 is 0 Å². The highest BCUT2D eigenvalue weighted by Crippen LogP contribution is 2.27. The molecule has 0 saturated carbocycles. The number of anilines is 2. The van der Waals surface area contributed by atoms with Crippen molar-refractivity contribution in [2.24, 2.45) is 0 Å². The highest BCUT2D eigenvalue weighted by molar-refractivity contribution is 7.99. The van der Waals surface area contributed by atoms with E-state index in [0.717, 1.165) is 17.1 Å². The van der Waals surface area contributed by atoms with Gasteiger partial charge in [-0.25, -0.2) is 15.0 Å². The van der Waals surface area contributed by atoms with Crippen LogP contribution in [0.25, 0.3) is 0 Å². The molecule has 0 aliphatic rings. The third-order valence-electron chi connectivity index (χ3n) is 2.48. The van der Waals surface area contributed by atoms with Gasteiger partial charge in [-0.2, -0.15) is 0 Å². The van der Waals surface area contributed by atoms with Crippen LogP contribution in [-0.4, -0.2) is 21.0 Å². The highest BCUT2D eigenvalue weighted by atomic mass is 32.2. The van der Waals surface area contributed by atoms with Crippen LogP contribution in [0.3, 0.4) is 0 Å². The fourth-order valence-electron chi connectivity index (χ4n) is 1.56. The lowest BCUT2D eigenvalue weighted by Gasteiger charge is -2.11. The fourth-order valence-corrected chi connectivity index (χ4v) is 2.42. The maximum absolute atomic E-state index is 5.67. The zero-order valence-electron chi connectivity index (χ0n) is 11.5. The standard InChI is InChI=1S/C13H18N6S/c1-8(2)17-7-9-4-3-5-16-12(9)20-13-18-10(14)6-11(15)19-13/h3-6,8,17H,7H2,1-2H3,(H4,14,15,18,19). The van der Waals surface area contributed by atoms with Crippen molar-refractivity contribution in [3.05, 3.63) is 30.0 Å². The number of nitrogen functional groups attached to an aromatic ring is 2. The predicted octanol–water partition coefficient (Wildman–Crippen LogP) is 1.69. The van der Waals surface area contributed by atoms with E-state index in [1.54, 1.807) is 6.20 Å². The fraction of sp³-hybridized carbons (Fsp3) is 0.308. The molecule has 2 aromatic rings. The van der Waals surface area contributed by atoms with Gasteiger partial charge in [0.15, 0.2) is 5.16 Å². The maximum Gasteiger partial charge on any atom is 0.197 e. The average Bonchev–Trinajstić information content (AvgIpc) is 2.36. The monoisotopic (exact) mass is 290 g/mol. The van der Waals surface area contributed by atoms with E-state index in [4.69, 9.17) is 11.5 Å². The van der Waals surface area contributed by atoms with Gasteiger partial charge in [0.25, 0.3) is 0 Å². The summed E-state index contributed by atoms with van der Waals surface area (Å²) < 4.78 is 0. The molecule has 0 amide bonds. The molecule has 0 unspecified atom stereocenters. The Kier molecular flexibility index (Phi) is 4.75. The van der Waals surface area contributed by atoms with Crippen LogP contribution >= 0.6 is 11.8 Å². The van der Waals surface area contributed by atoms with E-state index in [2.05, 4.69) is 34.1 Å². The second-order valence-electron chi connectivity index (χ2n) is 4.61. The molecular formula is C13H18N6S. The molecule has 6 nitrogen and oxygen atoms in total. The Morgan fingerprint density at radius 2 is 1.95 bits per heavy atom. The van der Waals surface area contributed by atoms with Gasteiger partial charge < -0.3 is 16.8 Å². The van der Waals surface area contributed by atoms with Gasteiger partial charge in [-0.3, -0.25) is 0 Å². The number of nitrogens with one attached hydrogen (secondary N) is 1. The topological polar surface area (TPSA) is 103 Å². The Hall–Kier alpha value is -1.86. The van der Waals surface area contributed by atoms with Crippen LogP contribution in [0.5, 0.6) is 0 Å². The second kappa shape index (κ2) is 6.53. The van der Waals surface area contributed by atoms with Crippen molar-refractivity contribution in [1.29, 1.82) is 0 Å². The van der Waals surface area contributed by atoms with Crippen LogP contribution in [0.1, 0.15) is 19.4 Å². The molecule has 0 aliphatic carbocycles. The molecule has 2 rings (SSSR count). The van der Waals surface area contributed by atoms with Gasteiger partial charge in [0, 0.05) is 24.8 Å². The zero-order valence-corrected chi connectivity index (χ0v) is 12.3. The smallest absolute Gasteiger partial charge is 0.197 e. The molecule has 0 saturated heterocycles. The van der Waals surface area contributed by atoms with E-state index in [0.29, 0.717) is 22.8 Å². The summed E-state index contributed by atoms with van der Waals surface area (Å²) in [6.07, 6.45) is 1.75. The SMILES string of the molecule is CC(C)NCc1cccnc1Sc1nc(N)cc(N)n1. The Bertz CT molecular complexity index is 567. The lowest BCUT2D eigenvalue weighted by atomic mass is 10.2. The molecule has 0 atom stereocenters. The van der Waals surface area contributed by atoms with Crippen LogP contribution < -0.4 is 16.8 Å². The molecule has 106 valence electrons. The van der Waals surface area contributed by atoms with Gasteiger partial charge in [0.05, 0.1) is 0 Å². The van der Waals surface area contributed by atoms with E-state index < -0.39 is 0 Å². The third kappa shape index (κ3) is 4.07. The minimum absolute atomic E-state index is 0.359. The van der Waals surface area contributed by atoms with Gasteiger partial charge in [0.2, 0.25) is 0 Å². The summed E-state index contributed by atoms with van der Waals surface area (Å²) in [4.78, 5) is 12.7. The van der Waals surface area contributed by atoms with Gasteiger partial charge in [-0.15, -0.1) is 0 Å². The summed E-state index contributed by atoms with van der Waals surface area (Å²) in [7, 11) is 0. The van der Waals surface area contributed by atoms with Crippen LogP contribution in [0.4, 0.5) is 11.6 Å². The summed E-state index contributed by atoms with van der Waals surface area (Å²) >= 11 is 1.36. The molecule has 2 aromatic heterocycles. The number of nitrogens with two attached hydrogens (primary N) is 2. The molecular weight excluding hydrogens is 272 g/mol. The molecule has 0 aliphatic heterocycles. The summed E-state index contributed by atoms with van der Waals surface area (Å²) in [6, 6.07) is 5.88. The number of hydrogen-bond donors (Lipinski definition) is 3. The molecule has 0 spiro atoms. The Morgan fingerprint density at radius 1 is 1.25 bits per heavy atom. The van der Waals surface area contributed by atoms with Crippen LogP contribution in [-0.2, 0) is 6.54 Å². The van der Waals surface area contributed by atoms with Crippen molar-refractivity contribution in [2.75, 3.05) is 11.5 Å². The first-order valence-corrected chi connectivity index (χ1v) is 7.11. The normalized spacial score (nSPS) is 10.9. The van der Waals surface area contributed by atoms with Crippen molar-refractivity contribution in [3.63, 3.8) is 0 Å². The van der Waals surface area contributed by atoms with E-state index in [9.17, 15) is 0 Å². The lowest BCUT2D eigenvalue weighted by molar-refractivity contribution is 0.582. The number of nitrogens with zero attached hydrogens (tertiary/aromatic N) is 3. The van der Waals surface area contributed by atoms with Crippen LogP contribution in [0.15, 0.2) is 34.6 Å². The first-order valence-electron chi connectivity index (χ1n) is 6.30. The van der Waals surface area contributed by atoms with Crippen molar-refractivity contribution >= 4 is 23.4 Å². The number of rotatable bonds is 5. The van der Waals surface area contributed by atoms with Crippen LogP contribution in [0, 0.1) is 0 Å². The Balaban J connectivity index is 2.20. The minimum Gasteiger partial charge on any atom is -0.383 e. The lowest BCUT2D eigenvalue weighted by Crippen LogP contribution is -2.22. The molecule has 0 aromatic carbocycles. The summed E-state index contributed by atoms with van der Waals surface area (Å²) in [5.74, 6) is 0.718. The summed E-state index contributed by atoms with van der Waals surface area (Å²) in [6.45, 7) is 4.95. The first-order chi connectivity index (χ1) is 9.54. The summed E-state index contributed by atoms with van der Waals surface area (Å²) in [5, 5.41) is 4.73. The molecule has 7 heteroatoms. The van der Waals surface area contributed by atoms with Crippen molar-refractivity contribution in [3.8, 4) is 0 Å². The van der Waals surface area contributed by atoms with Crippen molar-refractivity contribution in [2.45, 2.75) is 36.6 Å². The Morgan fingerprint density at radius 3 is 2.60 bits per heavy atom. The van der Waals surface area contributed by atoms with Crippen molar-refractivity contribution in [1.82, 2.24) is 20.3 Å². The largest absolute Gasteiger partial charge is 0.383 e. The molecule has 2 heterocycles. The average molecular weight is 290 g/mol. The second-order valence-corrected chi connectivity index (χ2v) is 5.56. The number of aromatic nitrogens is 3. The Labute approximate surface area is 122 Å². The quantitative estimate of drug-likeness (QED) is 0.720. The van der Waals surface area contributed by atoms with Crippen LogP contribution in [0.2, 0.25) is 0 Å². The molecule has 0 bridgehead atoms. The highest BCUT2D eigenvalue weighted by Gasteiger charge is 2.09. The van der Waals surface area contributed by atoms with Gasteiger partial charge in [0.1, 0.15) is 16.7 Å².